The summed E-state index contributed by atoms with van der Waals surface area (Å²) < 4.78 is 1.89. The lowest BCUT2D eigenvalue weighted by Crippen LogP contribution is -2.43. The van der Waals surface area contributed by atoms with Crippen molar-refractivity contribution < 1.29 is 9.36 Å². The van der Waals surface area contributed by atoms with Crippen molar-refractivity contribution in [2.24, 2.45) is 0 Å². The van der Waals surface area contributed by atoms with Crippen molar-refractivity contribution in [1.29, 1.82) is 0 Å². The summed E-state index contributed by atoms with van der Waals surface area (Å²) in [4.78, 5) is 12.1. The van der Waals surface area contributed by atoms with Crippen LogP contribution in [0.25, 0.3) is 0 Å². The Bertz CT molecular complexity index is 520. The summed E-state index contributed by atoms with van der Waals surface area (Å²) in [6, 6.07) is 13.2. The molecule has 0 aliphatic carbocycles. The molecule has 92 valence electrons. The minimum atomic E-state index is -0.231. The predicted molar refractivity (Wildman–Crippen MR) is 71.2 cm³/mol. The molecule has 2 aromatic rings. The van der Waals surface area contributed by atoms with Crippen LogP contribution in [0, 0.1) is 6.92 Å². The van der Waals surface area contributed by atoms with Gasteiger partial charge in [-0.05, 0) is 24.6 Å². The molecule has 0 aliphatic rings. The van der Waals surface area contributed by atoms with Crippen molar-refractivity contribution in [1.82, 2.24) is 0 Å². The van der Waals surface area contributed by atoms with Gasteiger partial charge in [0.15, 0.2) is 12.4 Å². The van der Waals surface area contributed by atoms with Gasteiger partial charge in [0.2, 0.25) is 6.04 Å². The zero-order valence-electron chi connectivity index (χ0n) is 10.6. The monoisotopic (exact) mass is 241 g/mol. The molecule has 0 saturated carbocycles. The summed E-state index contributed by atoms with van der Waals surface area (Å²) in [7, 11) is 0. The summed E-state index contributed by atoms with van der Waals surface area (Å²) in [5, 5.41) is 2.90. The quantitative estimate of drug-likeness (QED) is 0.823. The van der Waals surface area contributed by atoms with Crippen LogP contribution in [0.1, 0.15) is 18.5 Å². The van der Waals surface area contributed by atoms with E-state index in [9.17, 15) is 4.79 Å². The van der Waals surface area contributed by atoms with Gasteiger partial charge >= 0.3 is 0 Å². The minimum absolute atomic E-state index is 0.0185. The maximum absolute atomic E-state index is 12.1. The van der Waals surface area contributed by atoms with Gasteiger partial charge in [0, 0.05) is 24.7 Å². The van der Waals surface area contributed by atoms with Crippen molar-refractivity contribution >= 4 is 11.6 Å². The van der Waals surface area contributed by atoms with E-state index in [1.165, 1.54) is 5.56 Å². The fourth-order valence-electron chi connectivity index (χ4n) is 1.67. The first kappa shape index (κ1) is 12.3. The van der Waals surface area contributed by atoms with E-state index < -0.39 is 0 Å². The normalized spacial score (nSPS) is 11.9. The molecule has 1 aromatic heterocycles. The van der Waals surface area contributed by atoms with Gasteiger partial charge in [-0.15, -0.1) is 0 Å². The summed E-state index contributed by atoms with van der Waals surface area (Å²) in [6.07, 6.45) is 3.84. The number of rotatable bonds is 3. The molecule has 0 unspecified atom stereocenters. The molecule has 1 heterocycles. The van der Waals surface area contributed by atoms with Crippen molar-refractivity contribution in [3.63, 3.8) is 0 Å². The lowest BCUT2D eigenvalue weighted by Gasteiger charge is -2.08. The molecule has 0 fully saturated rings. The van der Waals surface area contributed by atoms with Gasteiger partial charge in [-0.2, -0.15) is 4.57 Å². The Kier molecular flexibility index (Phi) is 3.72. The highest BCUT2D eigenvalue weighted by Crippen LogP contribution is 2.07. The van der Waals surface area contributed by atoms with Gasteiger partial charge < -0.3 is 5.32 Å². The smallest absolute Gasteiger partial charge is 0.293 e. The fraction of sp³-hybridized carbons (Fsp3) is 0.200. The van der Waals surface area contributed by atoms with Crippen molar-refractivity contribution in [3.05, 3.63) is 60.4 Å². The Morgan fingerprint density at radius 1 is 1.11 bits per heavy atom. The van der Waals surface area contributed by atoms with Crippen LogP contribution >= 0.6 is 0 Å². The molecule has 0 spiro atoms. The van der Waals surface area contributed by atoms with Crippen LogP contribution in [0.3, 0.4) is 0 Å². The Morgan fingerprint density at radius 3 is 2.33 bits per heavy atom. The number of amides is 1. The van der Waals surface area contributed by atoms with Gasteiger partial charge in [0.1, 0.15) is 0 Å². The van der Waals surface area contributed by atoms with Crippen LogP contribution in [-0.2, 0) is 4.79 Å². The van der Waals surface area contributed by atoms with E-state index in [4.69, 9.17) is 0 Å². The standard InChI is InChI=1S/C15H16N2O/c1-12-8-10-17(11-9-12)13(2)15(18)16-14-6-4-3-5-7-14/h3-11,13H,1-2H3/p+1/t13-/m0/s1. The number of carbonyl (C=O) groups is 1. The molecule has 0 aliphatic heterocycles. The average Bonchev–Trinajstić information content (AvgIpc) is 2.40. The lowest BCUT2D eigenvalue weighted by molar-refractivity contribution is -0.705. The summed E-state index contributed by atoms with van der Waals surface area (Å²) >= 11 is 0. The lowest BCUT2D eigenvalue weighted by atomic mass is 10.2. The third-order valence-electron chi connectivity index (χ3n) is 2.89. The molecule has 0 bridgehead atoms. The molecule has 0 saturated heterocycles. The Morgan fingerprint density at radius 2 is 1.72 bits per heavy atom. The topological polar surface area (TPSA) is 33.0 Å². The van der Waals surface area contributed by atoms with Crippen molar-refractivity contribution in [2.45, 2.75) is 19.9 Å². The van der Waals surface area contributed by atoms with Gasteiger partial charge in [-0.1, -0.05) is 18.2 Å². The highest BCUT2D eigenvalue weighted by atomic mass is 16.2. The van der Waals surface area contributed by atoms with Gasteiger partial charge in [0.25, 0.3) is 5.91 Å². The van der Waals surface area contributed by atoms with Crippen LogP contribution in [0.15, 0.2) is 54.9 Å². The van der Waals surface area contributed by atoms with Gasteiger partial charge in [-0.3, -0.25) is 4.79 Å². The number of para-hydroxylation sites is 1. The second-order valence-corrected chi connectivity index (χ2v) is 4.35. The van der Waals surface area contributed by atoms with Crippen LogP contribution in [-0.4, -0.2) is 5.91 Å². The summed E-state index contributed by atoms with van der Waals surface area (Å²) in [6.45, 7) is 3.91. The summed E-state index contributed by atoms with van der Waals surface area (Å²) in [5.41, 5.74) is 2.00. The zero-order valence-corrected chi connectivity index (χ0v) is 10.6. The third-order valence-corrected chi connectivity index (χ3v) is 2.89. The molecule has 2 rings (SSSR count). The number of benzene rings is 1. The SMILES string of the molecule is Cc1cc[n+]([C@@H](C)C(=O)Nc2ccccc2)cc1. The predicted octanol–water partition coefficient (Wildman–Crippen LogP) is 2.48. The van der Waals surface area contributed by atoms with E-state index >= 15 is 0 Å². The highest BCUT2D eigenvalue weighted by Gasteiger charge is 2.21. The van der Waals surface area contributed by atoms with Gasteiger partial charge in [0.05, 0.1) is 0 Å². The van der Waals surface area contributed by atoms with Gasteiger partial charge in [-0.25, -0.2) is 0 Å². The highest BCUT2D eigenvalue weighted by molar-refractivity contribution is 5.92. The Hall–Kier alpha value is -2.16. The molecule has 1 aromatic carbocycles. The molecular weight excluding hydrogens is 224 g/mol. The number of nitrogens with one attached hydrogen (secondary N) is 1. The molecule has 0 radical (unpaired) electrons. The molecule has 1 atom stereocenters. The van der Waals surface area contributed by atoms with Crippen LogP contribution in [0.5, 0.6) is 0 Å². The number of nitrogens with zero attached hydrogens (tertiary/aromatic N) is 1. The van der Waals surface area contributed by atoms with Crippen LogP contribution in [0.4, 0.5) is 5.69 Å². The molecule has 1 N–H and O–H groups in total. The maximum atomic E-state index is 12.1. The largest absolute Gasteiger partial charge is 0.320 e. The second-order valence-electron chi connectivity index (χ2n) is 4.35. The first-order valence-electron chi connectivity index (χ1n) is 6.00. The Balaban J connectivity index is 2.07. The molecule has 18 heavy (non-hydrogen) atoms. The van der Waals surface area contributed by atoms with Crippen molar-refractivity contribution in [2.75, 3.05) is 5.32 Å². The van der Waals surface area contributed by atoms with Crippen molar-refractivity contribution in [3.8, 4) is 0 Å². The van der Waals surface area contributed by atoms with E-state index in [0.717, 1.165) is 5.69 Å². The third kappa shape index (κ3) is 2.94. The fourth-order valence-corrected chi connectivity index (χ4v) is 1.67. The number of hydrogen-bond acceptors (Lipinski definition) is 1. The molecular formula is C15H17N2O+. The first-order chi connectivity index (χ1) is 8.66. The van der Waals surface area contributed by atoms with E-state index in [1.54, 1.807) is 0 Å². The van der Waals surface area contributed by atoms with E-state index in [0.29, 0.717) is 0 Å². The average molecular weight is 241 g/mol. The number of pyridine rings is 1. The number of carbonyl (C=O) groups excluding carboxylic acids is 1. The van der Waals surface area contributed by atoms with E-state index in [1.807, 2.05) is 73.3 Å². The van der Waals surface area contributed by atoms with E-state index in [2.05, 4.69) is 5.32 Å². The molecule has 3 nitrogen and oxygen atoms in total. The van der Waals surface area contributed by atoms with Crippen LogP contribution in [0.2, 0.25) is 0 Å². The van der Waals surface area contributed by atoms with E-state index in [-0.39, 0.29) is 11.9 Å². The number of aromatic nitrogens is 1. The molecule has 3 heteroatoms. The minimum Gasteiger partial charge on any atom is -0.320 e. The molecule has 1 amide bonds. The van der Waals surface area contributed by atoms with Crippen LogP contribution < -0.4 is 9.88 Å². The summed E-state index contributed by atoms with van der Waals surface area (Å²) in [5.74, 6) is -0.0185. The Labute approximate surface area is 107 Å². The number of aryl methyl sites for hydroxylation is 1. The second kappa shape index (κ2) is 5.45. The number of hydrogen-bond donors (Lipinski definition) is 1. The number of anilines is 1. The maximum Gasteiger partial charge on any atom is 0.293 e. The zero-order chi connectivity index (χ0) is 13.0. The first-order valence-corrected chi connectivity index (χ1v) is 6.00.